The van der Waals surface area contributed by atoms with Gasteiger partial charge in [-0.3, -0.25) is 4.79 Å². The third-order valence-electron chi connectivity index (χ3n) is 4.50. The van der Waals surface area contributed by atoms with Crippen molar-refractivity contribution in [3.63, 3.8) is 0 Å². The molecule has 3 heteroatoms. The van der Waals surface area contributed by atoms with E-state index in [1.54, 1.807) is 0 Å². The van der Waals surface area contributed by atoms with Crippen LogP contribution in [0.25, 0.3) is 0 Å². The van der Waals surface area contributed by atoms with Crippen LogP contribution in [0.5, 0.6) is 0 Å². The zero-order chi connectivity index (χ0) is 13.9. The van der Waals surface area contributed by atoms with Crippen LogP contribution in [0.2, 0.25) is 0 Å². The monoisotopic (exact) mass is 272 g/mol. The Bertz CT molecular complexity index is 464. The molecule has 1 unspecified atom stereocenters. The first-order chi connectivity index (χ1) is 9.76. The predicted molar refractivity (Wildman–Crippen MR) is 82.3 cm³/mol. The average molecular weight is 272 g/mol. The Morgan fingerprint density at radius 3 is 2.65 bits per heavy atom. The molecule has 1 N–H and O–H groups in total. The Hall–Kier alpha value is -1.35. The first-order valence-corrected chi connectivity index (χ1v) is 7.87. The number of ketones is 1. The molecule has 1 saturated heterocycles. The van der Waals surface area contributed by atoms with E-state index in [1.165, 1.54) is 32.4 Å². The highest BCUT2D eigenvalue weighted by atomic mass is 16.1. The molecular weight excluding hydrogens is 248 g/mol. The lowest BCUT2D eigenvalue weighted by molar-refractivity contribution is 0.0988. The van der Waals surface area contributed by atoms with Crippen LogP contribution in [0.3, 0.4) is 0 Å². The molecule has 1 atom stereocenters. The van der Waals surface area contributed by atoms with Crippen molar-refractivity contribution in [3.05, 3.63) is 29.8 Å². The standard InChI is InChI=1S/C17H24N2O/c1-2-17(20)14-3-5-15(6-4-14)18-11-13-9-10-19(12-13)16-7-8-16/h3-6,13,16,18H,2,7-12H2,1H3. The second-order valence-corrected chi connectivity index (χ2v) is 6.12. The number of nitrogens with one attached hydrogen (secondary N) is 1. The molecule has 0 aromatic heterocycles. The van der Waals surface area contributed by atoms with Crippen molar-refractivity contribution in [2.24, 2.45) is 5.92 Å². The van der Waals surface area contributed by atoms with Gasteiger partial charge < -0.3 is 10.2 Å². The normalized spacial score (nSPS) is 22.9. The number of rotatable bonds is 6. The maximum Gasteiger partial charge on any atom is 0.162 e. The number of carbonyl (C=O) groups excluding carboxylic acids is 1. The SMILES string of the molecule is CCC(=O)c1ccc(NCC2CCN(C3CC3)C2)cc1. The Balaban J connectivity index is 1.47. The lowest BCUT2D eigenvalue weighted by atomic mass is 10.1. The van der Waals surface area contributed by atoms with E-state index in [2.05, 4.69) is 10.2 Å². The Labute approximate surface area is 121 Å². The fraction of sp³-hybridized carbons (Fsp3) is 0.588. The van der Waals surface area contributed by atoms with E-state index in [0.29, 0.717) is 6.42 Å². The van der Waals surface area contributed by atoms with Gasteiger partial charge in [0.15, 0.2) is 5.78 Å². The fourth-order valence-corrected chi connectivity index (χ4v) is 3.04. The van der Waals surface area contributed by atoms with Gasteiger partial charge in [0.2, 0.25) is 0 Å². The molecule has 108 valence electrons. The lowest BCUT2D eigenvalue weighted by Crippen LogP contribution is -2.24. The number of benzene rings is 1. The van der Waals surface area contributed by atoms with E-state index in [9.17, 15) is 4.79 Å². The third kappa shape index (κ3) is 3.21. The van der Waals surface area contributed by atoms with Gasteiger partial charge in [-0.25, -0.2) is 0 Å². The van der Waals surface area contributed by atoms with Crippen LogP contribution in [0.4, 0.5) is 5.69 Å². The number of Topliss-reactive ketones (excluding diaryl/α,β-unsaturated/α-hetero) is 1. The number of hydrogen-bond acceptors (Lipinski definition) is 3. The molecule has 1 aliphatic heterocycles. The summed E-state index contributed by atoms with van der Waals surface area (Å²) in [4.78, 5) is 14.2. The van der Waals surface area contributed by atoms with Gasteiger partial charge in [0, 0.05) is 36.8 Å². The molecular formula is C17H24N2O. The molecule has 3 nitrogen and oxygen atoms in total. The van der Waals surface area contributed by atoms with E-state index in [0.717, 1.165) is 29.8 Å². The molecule has 3 rings (SSSR count). The number of carbonyl (C=O) groups is 1. The van der Waals surface area contributed by atoms with Crippen molar-refractivity contribution in [3.8, 4) is 0 Å². The van der Waals surface area contributed by atoms with Crippen LogP contribution in [-0.2, 0) is 0 Å². The predicted octanol–water partition coefficient (Wildman–Crippen LogP) is 3.18. The molecule has 1 aromatic carbocycles. The van der Waals surface area contributed by atoms with E-state index < -0.39 is 0 Å². The summed E-state index contributed by atoms with van der Waals surface area (Å²) in [6, 6.07) is 8.81. The van der Waals surface area contributed by atoms with E-state index in [1.807, 2.05) is 31.2 Å². The van der Waals surface area contributed by atoms with E-state index in [-0.39, 0.29) is 5.78 Å². The topological polar surface area (TPSA) is 32.3 Å². The highest BCUT2D eigenvalue weighted by molar-refractivity contribution is 5.96. The number of hydrogen-bond donors (Lipinski definition) is 1. The van der Waals surface area contributed by atoms with Crippen molar-refractivity contribution >= 4 is 11.5 Å². The van der Waals surface area contributed by atoms with Crippen molar-refractivity contribution in [2.45, 2.75) is 38.6 Å². The van der Waals surface area contributed by atoms with Gasteiger partial charge in [-0.15, -0.1) is 0 Å². The van der Waals surface area contributed by atoms with E-state index in [4.69, 9.17) is 0 Å². The molecule has 0 bridgehead atoms. The van der Waals surface area contributed by atoms with Gasteiger partial charge in [0.05, 0.1) is 0 Å². The second-order valence-electron chi connectivity index (χ2n) is 6.12. The summed E-state index contributed by atoms with van der Waals surface area (Å²) in [5.74, 6) is 0.986. The van der Waals surface area contributed by atoms with E-state index >= 15 is 0 Å². The van der Waals surface area contributed by atoms with Crippen molar-refractivity contribution in [2.75, 3.05) is 25.0 Å². The minimum Gasteiger partial charge on any atom is -0.385 e. The van der Waals surface area contributed by atoms with Crippen LogP contribution in [-0.4, -0.2) is 36.4 Å². The van der Waals surface area contributed by atoms with Crippen molar-refractivity contribution in [1.82, 2.24) is 4.90 Å². The molecule has 0 amide bonds. The van der Waals surface area contributed by atoms with Crippen LogP contribution < -0.4 is 5.32 Å². The average Bonchev–Trinajstić information content (AvgIpc) is 3.24. The molecule has 0 spiro atoms. The molecule has 20 heavy (non-hydrogen) atoms. The summed E-state index contributed by atoms with van der Waals surface area (Å²) < 4.78 is 0. The summed E-state index contributed by atoms with van der Waals surface area (Å²) >= 11 is 0. The Morgan fingerprint density at radius 2 is 2.00 bits per heavy atom. The quantitative estimate of drug-likeness (QED) is 0.807. The van der Waals surface area contributed by atoms with Crippen molar-refractivity contribution in [1.29, 1.82) is 0 Å². The maximum absolute atomic E-state index is 11.6. The largest absolute Gasteiger partial charge is 0.385 e. The highest BCUT2D eigenvalue weighted by Crippen LogP contribution is 2.31. The smallest absolute Gasteiger partial charge is 0.162 e. The molecule has 2 aliphatic rings. The molecule has 1 heterocycles. The summed E-state index contributed by atoms with van der Waals surface area (Å²) in [6.45, 7) is 5.48. The Kier molecular flexibility index (Phi) is 4.06. The molecule has 1 aliphatic carbocycles. The highest BCUT2D eigenvalue weighted by Gasteiger charge is 2.34. The van der Waals surface area contributed by atoms with Crippen LogP contribution in [0, 0.1) is 5.92 Å². The summed E-state index contributed by atoms with van der Waals surface area (Å²) in [7, 11) is 0. The molecule has 2 fully saturated rings. The summed E-state index contributed by atoms with van der Waals surface area (Å²) in [6.07, 6.45) is 4.71. The van der Waals surface area contributed by atoms with Crippen LogP contribution in [0.15, 0.2) is 24.3 Å². The second kappa shape index (κ2) is 5.96. The van der Waals surface area contributed by atoms with Crippen molar-refractivity contribution < 1.29 is 4.79 Å². The molecule has 0 radical (unpaired) electrons. The molecule has 1 saturated carbocycles. The fourth-order valence-electron chi connectivity index (χ4n) is 3.04. The maximum atomic E-state index is 11.6. The van der Waals surface area contributed by atoms with Gasteiger partial charge in [-0.1, -0.05) is 6.92 Å². The van der Waals surface area contributed by atoms with Crippen LogP contribution >= 0.6 is 0 Å². The Morgan fingerprint density at radius 1 is 1.25 bits per heavy atom. The lowest BCUT2D eigenvalue weighted by Gasteiger charge is -2.15. The minimum atomic E-state index is 0.215. The molecule has 1 aromatic rings. The zero-order valence-electron chi connectivity index (χ0n) is 12.3. The minimum absolute atomic E-state index is 0.215. The number of nitrogens with zero attached hydrogens (tertiary/aromatic N) is 1. The first kappa shape index (κ1) is 13.6. The summed E-state index contributed by atoms with van der Waals surface area (Å²) in [5, 5.41) is 3.51. The van der Waals surface area contributed by atoms with Gasteiger partial charge >= 0.3 is 0 Å². The van der Waals surface area contributed by atoms with Gasteiger partial charge in [0.25, 0.3) is 0 Å². The number of anilines is 1. The van der Waals surface area contributed by atoms with Gasteiger partial charge in [0.1, 0.15) is 0 Å². The van der Waals surface area contributed by atoms with Gasteiger partial charge in [-0.05, 0) is 56.0 Å². The van der Waals surface area contributed by atoms with Crippen LogP contribution in [0.1, 0.15) is 43.0 Å². The number of likely N-dealkylation sites (tertiary alicyclic amines) is 1. The third-order valence-corrected chi connectivity index (χ3v) is 4.50. The summed E-state index contributed by atoms with van der Waals surface area (Å²) in [5.41, 5.74) is 1.95. The first-order valence-electron chi connectivity index (χ1n) is 7.87. The zero-order valence-corrected chi connectivity index (χ0v) is 12.3. The van der Waals surface area contributed by atoms with Gasteiger partial charge in [-0.2, -0.15) is 0 Å².